The molecule has 0 aliphatic carbocycles. The van der Waals surface area contributed by atoms with E-state index in [2.05, 4.69) is 29.0 Å². The molecule has 2 fully saturated rings. The van der Waals surface area contributed by atoms with Crippen molar-refractivity contribution in [1.29, 1.82) is 0 Å². The highest BCUT2D eigenvalue weighted by molar-refractivity contribution is 9.09. The summed E-state index contributed by atoms with van der Waals surface area (Å²) >= 11 is 3.45. The van der Waals surface area contributed by atoms with Crippen LogP contribution < -0.4 is 0 Å². The van der Waals surface area contributed by atoms with E-state index in [9.17, 15) is 14.4 Å². The standard InChI is InChI=1S/C13H21BrN2O5Si/c1-8(17)20-13-12(19)16-6-5-9(21-22(3,4)7-14)10(16)11(18)15(13)2/h9-10,13H,5-7H2,1-4H3/t9-,10-,13+/m0/s1. The summed E-state index contributed by atoms with van der Waals surface area (Å²) in [4.78, 5) is 39.7. The molecule has 0 radical (unpaired) electrons. The molecule has 0 spiro atoms. The van der Waals surface area contributed by atoms with Crippen molar-refractivity contribution in [3.8, 4) is 0 Å². The molecule has 0 aromatic heterocycles. The monoisotopic (exact) mass is 392 g/mol. The Kier molecular flexibility index (Phi) is 4.98. The van der Waals surface area contributed by atoms with Crippen LogP contribution in [0.15, 0.2) is 0 Å². The predicted molar refractivity (Wildman–Crippen MR) is 84.6 cm³/mol. The number of carbonyl (C=O) groups excluding carboxylic acids is 3. The first-order chi connectivity index (χ1) is 10.2. The Morgan fingerprint density at radius 3 is 2.55 bits per heavy atom. The number of rotatable bonds is 4. The van der Waals surface area contributed by atoms with Crippen molar-refractivity contribution >= 4 is 42.0 Å². The Labute approximate surface area is 139 Å². The van der Waals surface area contributed by atoms with Gasteiger partial charge in [-0.05, 0) is 19.5 Å². The lowest BCUT2D eigenvalue weighted by Crippen LogP contribution is -2.65. The van der Waals surface area contributed by atoms with E-state index in [0.29, 0.717) is 13.0 Å². The van der Waals surface area contributed by atoms with E-state index in [-0.39, 0.29) is 17.9 Å². The van der Waals surface area contributed by atoms with Crippen LogP contribution in [-0.4, -0.2) is 72.8 Å². The van der Waals surface area contributed by atoms with Gasteiger partial charge in [-0.15, -0.1) is 0 Å². The van der Waals surface area contributed by atoms with Gasteiger partial charge < -0.3 is 19.0 Å². The van der Waals surface area contributed by atoms with Gasteiger partial charge in [0.05, 0.1) is 6.10 Å². The minimum absolute atomic E-state index is 0.243. The summed E-state index contributed by atoms with van der Waals surface area (Å²) in [7, 11) is -0.433. The van der Waals surface area contributed by atoms with Crippen molar-refractivity contribution in [2.24, 2.45) is 0 Å². The molecule has 0 aromatic rings. The average molecular weight is 393 g/mol. The summed E-state index contributed by atoms with van der Waals surface area (Å²) in [5.41, 5.74) is 0. The lowest BCUT2D eigenvalue weighted by Gasteiger charge is -2.41. The smallest absolute Gasteiger partial charge is 0.304 e. The molecule has 7 nitrogen and oxygen atoms in total. The van der Waals surface area contributed by atoms with Crippen LogP contribution in [0.1, 0.15) is 13.3 Å². The van der Waals surface area contributed by atoms with Crippen LogP contribution in [0.25, 0.3) is 0 Å². The molecule has 2 saturated heterocycles. The molecule has 2 amide bonds. The molecular formula is C13H21BrN2O5Si. The van der Waals surface area contributed by atoms with Gasteiger partial charge in [-0.3, -0.25) is 14.4 Å². The second-order valence-corrected chi connectivity index (χ2v) is 11.9. The number of nitrogens with zero attached hydrogens (tertiary/aromatic N) is 2. The average Bonchev–Trinajstić information content (AvgIpc) is 2.84. The maximum absolute atomic E-state index is 12.6. The zero-order chi connectivity index (χ0) is 16.7. The summed E-state index contributed by atoms with van der Waals surface area (Å²) in [6.07, 6.45) is -0.843. The fourth-order valence-corrected chi connectivity index (χ4v) is 4.31. The fourth-order valence-electron chi connectivity index (χ4n) is 2.79. The van der Waals surface area contributed by atoms with Crippen LogP contribution >= 0.6 is 15.9 Å². The van der Waals surface area contributed by atoms with E-state index in [4.69, 9.17) is 9.16 Å². The number of hydrogen-bond donors (Lipinski definition) is 0. The molecule has 2 rings (SSSR count). The van der Waals surface area contributed by atoms with E-state index >= 15 is 0 Å². The summed E-state index contributed by atoms with van der Waals surface area (Å²) < 4.78 is 11.1. The van der Waals surface area contributed by atoms with Gasteiger partial charge in [0.2, 0.25) is 0 Å². The molecule has 2 aliphatic heterocycles. The second-order valence-electron chi connectivity index (χ2n) is 6.23. The number of halogens is 1. The second kappa shape index (κ2) is 6.29. The minimum Gasteiger partial charge on any atom is -0.432 e. The Morgan fingerprint density at radius 2 is 2.00 bits per heavy atom. The highest BCUT2D eigenvalue weighted by Crippen LogP contribution is 2.31. The Hall–Kier alpha value is -0.933. The molecular weight excluding hydrogens is 372 g/mol. The van der Waals surface area contributed by atoms with Gasteiger partial charge in [-0.25, -0.2) is 0 Å². The Balaban J connectivity index is 2.20. The molecule has 0 aromatic carbocycles. The number of likely N-dealkylation sites (N-methyl/N-ethyl adjacent to an activating group) is 1. The maximum atomic E-state index is 12.6. The van der Waals surface area contributed by atoms with E-state index in [1.165, 1.54) is 23.8 Å². The first-order valence-electron chi connectivity index (χ1n) is 7.16. The third kappa shape index (κ3) is 3.20. The predicted octanol–water partition coefficient (Wildman–Crippen LogP) is 0.473. The molecule has 0 unspecified atom stereocenters. The number of hydrogen-bond acceptors (Lipinski definition) is 5. The van der Waals surface area contributed by atoms with E-state index in [1.807, 2.05) is 0 Å². The summed E-state index contributed by atoms with van der Waals surface area (Å²) in [5, 5.41) is 0. The van der Waals surface area contributed by atoms with Gasteiger partial charge in [0.1, 0.15) is 6.04 Å². The van der Waals surface area contributed by atoms with Gasteiger partial charge in [0.15, 0.2) is 8.32 Å². The number of fused-ring (bicyclic) bond motifs is 1. The molecule has 2 heterocycles. The summed E-state index contributed by atoms with van der Waals surface area (Å²) in [6, 6.07) is -0.616. The van der Waals surface area contributed by atoms with Crippen molar-refractivity contribution in [3.05, 3.63) is 0 Å². The number of carbonyl (C=O) groups is 3. The molecule has 3 atom stereocenters. The third-order valence-corrected chi connectivity index (χ3v) is 9.49. The largest absolute Gasteiger partial charge is 0.432 e. The number of amides is 2. The van der Waals surface area contributed by atoms with Crippen LogP contribution in [0.5, 0.6) is 0 Å². The lowest BCUT2D eigenvalue weighted by atomic mass is 10.1. The van der Waals surface area contributed by atoms with E-state index < -0.39 is 26.6 Å². The summed E-state index contributed by atoms with van der Waals surface area (Å²) in [6.45, 7) is 5.78. The van der Waals surface area contributed by atoms with Crippen LogP contribution in [0.3, 0.4) is 0 Å². The first kappa shape index (κ1) is 17.4. The van der Waals surface area contributed by atoms with E-state index in [0.717, 1.165) is 4.95 Å². The number of ether oxygens (including phenoxy) is 1. The van der Waals surface area contributed by atoms with Crippen LogP contribution in [0, 0.1) is 0 Å². The number of esters is 1. The summed E-state index contributed by atoms with van der Waals surface area (Å²) in [5.74, 6) is -1.18. The van der Waals surface area contributed by atoms with Crippen molar-refractivity contribution < 1.29 is 23.5 Å². The SMILES string of the molecule is CC(=O)O[C@@H]1C(=O)N2CC[C@H](O[Si](C)(C)CBr)[C@H]2C(=O)N1C. The highest BCUT2D eigenvalue weighted by atomic mass is 79.9. The fraction of sp³-hybridized carbons (Fsp3) is 0.769. The minimum atomic E-state index is -1.91. The topological polar surface area (TPSA) is 76.1 Å². The van der Waals surface area contributed by atoms with E-state index in [1.54, 1.807) is 0 Å². The molecule has 124 valence electrons. The van der Waals surface area contributed by atoms with Crippen molar-refractivity contribution in [2.45, 2.75) is 44.8 Å². The lowest BCUT2D eigenvalue weighted by molar-refractivity contribution is -0.185. The van der Waals surface area contributed by atoms with Crippen LogP contribution in [0.4, 0.5) is 0 Å². The van der Waals surface area contributed by atoms with Crippen LogP contribution in [0.2, 0.25) is 13.1 Å². The highest BCUT2D eigenvalue weighted by Gasteiger charge is 2.53. The maximum Gasteiger partial charge on any atom is 0.304 e. The first-order valence-corrected chi connectivity index (χ1v) is 11.4. The zero-order valence-electron chi connectivity index (χ0n) is 13.2. The van der Waals surface area contributed by atoms with Crippen molar-refractivity contribution in [3.63, 3.8) is 0 Å². The van der Waals surface area contributed by atoms with Gasteiger partial charge in [-0.1, -0.05) is 15.9 Å². The number of piperazine rings is 1. The Morgan fingerprint density at radius 1 is 1.36 bits per heavy atom. The van der Waals surface area contributed by atoms with Crippen molar-refractivity contribution in [2.75, 3.05) is 18.5 Å². The normalized spacial score (nSPS) is 28.9. The van der Waals surface area contributed by atoms with Crippen molar-refractivity contribution in [1.82, 2.24) is 9.80 Å². The molecule has 0 saturated carbocycles. The molecule has 22 heavy (non-hydrogen) atoms. The number of alkyl halides is 1. The van der Waals surface area contributed by atoms with Gasteiger partial charge in [0.25, 0.3) is 18.0 Å². The van der Waals surface area contributed by atoms with Crippen LogP contribution in [-0.2, 0) is 23.5 Å². The van der Waals surface area contributed by atoms with Gasteiger partial charge >= 0.3 is 5.97 Å². The Bertz CT molecular complexity index is 501. The molecule has 2 aliphatic rings. The zero-order valence-corrected chi connectivity index (χ0v) is 15.8. The quantitative estimate of drug-likeness (QED) is 0.394. The van der Waals surface area contributed by atoms with Gasteiger partial charge in [0, 0.05) is 25.5 Å². The van der Waals surface area contributed by atoms with Gasteiger partial charge in [-0.2, -0.15) is 0 Å². The molecule has 0 N–H and O–H groups in total. The molecule has 9 heteroatoms. The molecule has 0 bridgehead atoms. The third-order valence-electron chi connectivity index (χ3n) is 3.86.